The third-order valence-corrected chi connectivity index (χ3v) is 13.6. The molecule has 1 saturated heterocycles. The zero-order valence-corrected chi connectivity index (χ0v) is 32.4. The summed E-state index contributed by atoms with van der Waals surface area (Å²) in [5, 5.41) is 28.4. The number of fused-ring (bicyclic) bond motifs is 2. The Balaban J connectivity index is 0.883. The van der Waals surface area contributed by atoms with Gasteiger partial charge >= 0.3 is 0 Å². The maximum atomic E-state index is 14.7. The molecule has 0 unspecified atom stereocenters. The lowest BCUT2D eigenvalue weighted by Gasteiger charge is -2.55. The zero-order chi connectivity index (χ0) is 38.7. The number of piperidine rings is 1. The van der Waals surface area contributed by atoms with Crippen LogP contribution in [0, 0.1) is 5.41 Å². The number of aliphatic hydroxyl groups is 2. The molecule has 3 aliphatic heterocycles. The minimum absolute atomic E-state index is 0.00111. The first-order chi connectivity index (χ1) is 27.0. The highest BCUT2D eigenvalue weighted by atomic mass is 19.3. The highest BCUT2D eigenvalue weighted by Crippen LogP contribution is 2.54. The van der Waals surface area contributed by atoms with Gasteiger partial charge in [0.25, 0.3) is 6.43 Å². The summed E-state index contributed by atoms with van der Waals surface area (Å²) in [6, 6.07) is 11.5. The van der Waals surface area contributed by atoms with Crippen LogP contribution in [-0.4, -0.2) is 83.8 Å². The molecule has 13 heteroatoms. The molecular weight excluding hydrogens is 717 g/mol. The van der Waals surface area contributed by atoms with Crippen molar-refractivity contribution >= 4 is 17.4 Å². The first kappa shape index (κ1) is 37.3. The number of amides is 1. The van der Waals surface area contributed by atoms with Crippen molar-refractivity contribution in [3.8, 4) is 16.9 Å². The Morgan fingerprint density at radius 2 is 1.71 bits per heavy atom. The second kappa shape index (κ2) is 14.9. The molecule has 1 amide bonds. The predicted molar refractivity (Wildman–Crippen MR) is 208 cm³/mol. The van der Waals surface area contributed by atoms with Gasteiger partial charge in [-0.25, -0.2) is 8.78 Å². The lowest BCUT2D eigenvalue weighted by atomic mass is 9.57. The molecule has 9 rings (SSSR count). The van der Waals surface area contributed by atoms with Crippen LogP contribution in [0.15, 0.2) is 48.8 Å². The van der Waals surface area contributed by atoms with Gasteiger partial charge < -0.3 is 29.6 Å². The van der Waals surface area contributed by atoms with Gasteiger partial charge in [0.15, 0.2) is 12.1 Å². The van der Waals surface area contributed by atoms with Crippen molar-refractivity contribution in [3.63, 3.8) is 0 Å². The molecule has 2 aliphatic carbocycles. The van der Waals surface area contributed by atoms with Gasteiger partial charge in [0.2, 0.25) is 5.91 Å². The number of nitrogens with zero attached hydrogens (tertiary/aromatic N) is 7. The van der Waals surface area contributed by atoms with Crippen LogP contribution >= 0.6 is 0 Å². The number of carbonyl (C=O) groups is 1. The fraction of sp³-hybridized carbons (Fsp3) is 0.558. The Morgan fingerprint density at radius 3 is 2.38 bits per heavy atom. The van der Waals surface area contributed by atoms with E-state index in [1.165, 1.54) is 31.4 Å². The monoisotopic (exact) mass is 769 g/mol. The van der Waals surface area contributed by atoms with Crippen LogP contribution in [-0.2, 0) is 31.2 Å². The van der Waals surface area contributed by atoms with E-state index in [-0.39, 0.29) is 23.6 Å². The quantitative estimate of drug-likeness (QED) is 0.185. The Bertz CT molecular complexity index is 2060. The van der Waals surface area contributed by atoms with Gasteiger partial charge in [-0.2, -0.15) is 10.2 Å². The second-order valence-electron chi connectivity index (χ2n) is 17.0. The third kappa shape index (κ3) is 7.00. The van der Waals surface area contributed by atoms with Crippen LogP contribution in [0.3, 0.4) is 0 Å². The summed E-state index contributed by atoms with van der Waals surface area (Å²) in [4.78, 5) is 19.4. The van der Waals surface area contributed by atoms with Crippen molar-refractivity contribution in [2.45, 2.75) is 115 Å². The summed E-state index contributed by atoms with van der Waals surface area (Å²) in [7, 11) is 1.79. The van der Waals surface area contributed by atoms with Gasteiger partial charge in [-0.1, -0.05) is 12.1 Å². The van der Waals surface area contributed by atoms with Crippen LogP contribution < -0.4 is 9.64 Å². The number of carbonyl (C=O) groups excluding carboxylic acids is 1. The van der Waals surface area contributed by atoms with Crippen molar-refractivity contribution in [3.05, 3.63) is 76.7 Å². The van der Waals surface area contributed by atoms with Gasteiger partial charge in [-0.3, -0.25) is 14.2 Å². The SMILES string of the molecule is CC(=O)N1CCc2c(c(N3CCCc4cc(-c5cnn(C)c5)c(C(F)F)cc43)nn2C2CCN(C3CC4(CCC(Oc5ccc(C(O)O)cc5)CC4)C3)CC2)C1. The summed E-state index contributed by atoms with van der Waals surface area (Å²) in [6.45, 7) is 5.50. The lowest BCUT2D eigenvalue weighted by molar-refractivity contribution is -0.129. The number of hydrogen-bond acceptors (Lipinski definition) is 8. The van der Waals surface area contributed by atoms with E-state index in [9.17, 15) is 23.8 Å². The average Bonchev–Trinajstić information content (AvgIpc) is 3.80. The van der Waals surface area contributed by atoms with Gasteiger partial charge in [0, 0.05) is 92.4 Å². The van der Waals surface area contributed by atoms with E-state index in [1.807, 2.05) is 23.1 Å². The van der Waals surface area contributed by atoms with E-state index in [2.05, 4.69) is 19.6 Å². The number of benzene rings is 2. The van der Waals surface area contributed by atoms with Gasteiger partial charge in [-0.15, -0.1) is 0 Å². The van der Waals surface area contributed by atoms with Crippen molar-refractivity contribution in [1.29, 1.82) is 0 Å². The molecule has 4 aromatic rings. The first-order valence-corrected chi connectivity index (χ1v) is 20.5. The number of aliphatic hydroxyl groups excluding tert-OH is 1. The summed E-state index contributed by atoms with van der Waals surface area (Å²) in [5.74, 6) is 1.63. The number of aromatic nitrogens is 4. The Kier molecular flexibility index (Phi) is 9.90. The predicted octanol–water partition coefficient (Wildman–Crippen LogP) is 7.00. The standard InChI is InChI=1S/C43H53F2N7O4/c1-27(53)50-19-13-38-37(26-50)41(51-16-3-4-29-20-35(30-24-46-48(2)25-30)36(40(44)45)21-39(29)51)47-52(38)31-11-17-49(18-12-31)32-22-43(23-32)14-9-34(10-15-43)56-33-7-5-28(6-8-33)42(54)55/h5-8,20-21,24-25,31-32,34,40,42,54-55H,3-4,9-19,22-23,26H2,1-2H3. The molecule has 0 bridgehead atoms. The molecule has 5 heterocycles. The fourth-order valence-corrected chi connectivity index (χ4v) is 10.4. The maximum absolute atomic E-state index is 14.7. The smallest absolute Gasteiger partial charge is 0.264 e. The lowest BCUT2D eigenvalue weighted by Crippen LogP contribution is -2.54. The average molecular weight is 770 g/mol. The largest absolute Gasteiger partial charge is 0.490 e. The van der Waals surface area contributed by atoms with Crippen molar-refractivity contribution in [1.82, 2.24) is 29.4 Å². The molecule has 0 radical (unpaired) electrons. The van der Waals surface area contributed by atoms with E-state index >= 15 is 0 Å². The summed E-state index contributed by atoms with van der Waals surface area (Å²) in [5.41, 5.74) is 6.16. The number of ether oxygens (including phenoxy) is 1. The highest BCUT2D eigenvalue weighted by molar-refractivity contribution is 5.78. The van der Waals surface area contributed by atoms with E-state index < -0.39 is 12.7 Å². The molecule has 2 saturated carbocycles. The van der Waals surface area contributed by atoms with Crippen LogP contribution in [0.25, 0.3) is 11.1 Å². The summed E-state index contributed by atoms with van der Waals surface area (Å²) < 4.78 is 39.5. The maximum Gasteiger partial charge on any atom is 0.264 e. The molecule has 298 valence electrons. The highest BCUT2D eigenvalue weighted by Gasteiger charge is 2.49. The van der Waals surface area contributed by atoms with Gasteiger partial charge in [0.1, 0.15) is 5.75 Å². The van der Waals surface area contributed by atoms with E-state index in [1.54, 1.807) is 49.2 Å². The molecule has 56 heavy (non-hydrogen) atoms. The number of alkyl halides is 2. The number of rotatable bonds is 8. The van der Waals surface area contributed by atoms with Crippen LogP contribution in [0.2, 0.25) is 0 Å². The van der Waals surface area contributed by atoms with Crippen LogP contribution in [0.4, 0.5) is 20.3 Å². The number of anilines is 2. The van der Waals surface area contributed by atoms with Crippen molar-refractivity contribution < 1.29 is 28.5 Å². The topological polar surface area (TPSA) is 112 Å². The molecule has 1 spiro atoms. The molecular formula is C43H53F2N7O4. The van der Waals surface area contributed by atoms with Crippen LogP contribution in [0.5, 0.6) is 5.75 Å². The van der Waals surface area contributed by atoms with E-state index in [0.717, 1.165) is 86.4 Å². The van der Waals surface area contributed by atoms with Crippen molar-refractivity contribution in [2.24, 2.45) is 12.5 Å². The van der Waals surface area contributed by atoms with Crippen molar-refractivity contribution in [2.75, 3.05) is 31.1 Å². The summed E-state index contributed by atoms with van der Waals surface area (Å²) in [6.07, 6.45) is 10.9. The molecule has 11 nitrogen and oxygen atoms in total. The molecule has 2 aromatic carbocycles. The first-order valence-electron chi connectivity index (χ1n) is 20.5. The zero-order valence-electron chi connectivity index (χ0n) is 32.4. The number of halogens is 2. The molecule has 3 fully saturated rings. The number of likely N-dealkylation sites (tertiary alicyclic amines) is 1. The minimum atomic E-state index is -2.64. The molecule has 0 atom stereocenters. The number of aryl methyl sites for hydroxylation is 2. The second-order valence-corrected chi connectivity index (χ2v) is 17.0. The fourth-order valence-electron chi connectivity index (χ4n) is 10.4. The molecule has 2 N–H and O–H groups in total. The van der Waals surface area contributed by atoms with E-state index in [0.29, 0.717) is 47.8 Å². The normalized spacial score (nSPS) is 24.4. The van der Waals surface area contributed by atoms with Gasteiger partial charge in [-0.05, 0) is 105 Å². The molecule has 2 aromatic heterocycles. The van der Waals surface area contributed by atoms with Crippen LogP contribution in [0.1, 0.15) is 111 Å². The molecule has 5 aliphatic rings. The Labute approximate surface area is 326 Å². The third-order valence-electron chi connectivity index (χ3n) is 13.6. The van der Waals surface area contributed by atoms with Gasteiger partial charge in [0.05, 0.1) is 24.9 Å². The Hall–Kier alpha value is -4.33. The minimum Gasteiger partial charge on any atom is -0.490 e. The van der Waals surface area contributed by atoms with E-state index in [4.69, 9.17) is 9.84 Å². The Morgan fingerprint density at radius 1 is 0.964 bits per heavy atom. The number of hydrogen-bond donors (Lipinski definition) is 2. The summed E-state index contributed by atoms with van der Waals surface area (Å²) >= 11 is 0.